The van der Waals surface area contributed by atoms with Crippen LogP contribution >= 0.6 is 0 Å². The predicted octanol–water partition coefficient (Wildman–Crippen LogP) is 2.41. The van der Waals surface area contributed by atoms with Crippen LogP contribution in [-0.2, 0) is 9.47 Å². The Kier molecular flexibility index (Phi) is 5.17. The molecule has 0 heterocycles. The predicted molar refractivity (Wildman–Crippen MR) is 33.7 cm³/mol. The lowest BCUT2D eigenvalue weighted by Crippen LogP contribution is -2.12. The van der Waals surface area contributed by atoms with E-state index in [0.717, 1.165) is 0 Å². The first kappa shape index (κ1) is 12.0. The van der Waals surface area contributed by atoms with Crippen LogP contribution in [0.4, 0.5) is 22.4 Å². The van der Waals surface area contributed by atoms with E-state index in [1.807, 2.05) is 0 Å². The van der Waals surface area contributed by atoms with Crippen LogP contribution in [0.2, 0.25) is 0 Å². The third-order valence-corrected chi connectivity index (χ3v) is 0.997. The van der Waals surface area contributed by atoms with E-state index < -0.39 is 32.2 Å². The van der Waals surface area contributed by atoms with Gasteiger partial charge in [0.05, 0.1) is 6.61 Å². The highest BCUT2D eigenvalue weighted by Crippen LogP contribution is 2.20. The SMILES string of the molecule is O=C(OCF)OCCCC(F)(F)F. The first-order valence-corrected chi connectivity index (χ1v) is 3.38. The van der Waals surface area contributed by atoms with Crippen molar-refractivity contribution in [1.82, 2.24) is 0 Å². The van der Waals surface area contributed by atoms with Gasteiger partial charge in [-0.2, -0.15) is 13.2 Å². The van der Waals surface area contributed by atoms with Crippen molar-refractivity contribution in [2.24, 2.45) is 0 Å². The molecule has 0 aromatic rings. The molecule has 78 valence electrons. The summed E-state index contributed by atoms with van der Waals surface area (Å²) in [5.74, 6) is 0. The lowest BCUT2D eigenvalue weighted by molar-refractivity contribution is -0.137. The van der Waals surface area contributed by atoms with Gasteiger partial charge < -0.3 is 9.47 Å². The van der Waals surface area contributed by atoms with Gasteiger partial charge in [0.25, 0.3) is 0 Å². The van der Waals surface area contributed by atoms with Crippen LogP contribution in [0.25, 0.3) is 0 Å². The second kappa shape index (κ2) is 5.60. The van der Waals surface area contributed by atoms with E-state index >= 15 is 0 Å². The summed E-state index contributed by atoms with van der Waals surface area (Å²) in [5, 5.41) is 0. The quantitative estimate of drug-likeness (QED) is 0.400. The van der Waals surface area contributed by atoms with Crippen molar-refractivity contribution in [3.8, 4) is 0 Å². The molecule has 0 aliphatic heterocycles. The minimum absolute atomic E-state index is 0.356. The normalized spacial score (nSPS) is 11.1. The van der Waals surface area contributed by atoms with Gasteiger partial charge in [-0.15, -0.1) is 0 Å². The minimum atomic E-state index is -4.27. The van der Waals surface area contributed by atoms with Crippen molar-refractivity contribution in [3.05, 3.63) is 0 Å². The lowest BCUT2D eigenvalue weighted by Gasteiger charge is -2.05. The van der Waals surface area contributed by atoms with Crippen LogP contribution in [-0.4, -0.2) is 25.8 Å². The molecule has 0 aromatic heterocycles. The van der Waals surface area contributed by atoms with E-state index in [2.05, 4.69) is 9.47 Å². The molecular formula is C6H8F4O3. The summed E-state index contributed by atoms with van der Waals surface area (Å²) < 4.78 is 53.5. The molecule has 0 unspecified atom stereocenters. The summed E-state index contributed by atoms with van der Waals surface area (Å²) >= 11 is 0. The van der Waals surface area contributed by atoms with E-state index in [1.54, 1.807) is 0 Å². The Labute approximate surface area is 71.6 Å². The molecule has 0 N–H and O–H groups in total. The van der Waals surface area contributed by atoms with Crippen molar-refractivity contribution in [2.75, 3.05) is 13.5 Å². The highest BCUT2D eigenvalue weighted by atomic mass is 19.4. The first-order valence-electron chi connectivity index (χ1n) is 3.38. The zero-order valence-electron chi connectivity index (χ0n) is 6.57. The first-order chi connectivity index (χ1) is 5.95. The van der Waals surface area contributed by atoms with E-state index in [9.17, 15) is 22.4 Å². The third kappa shape index (κ3) is 8.90. The van der Waals surface area contributed by atoms with Gasteiger partial charge in [-0.3, -0.25) is 0 Å². The molecule has 0 aromatic carbocycles. The maximum atomic E-state index is 11.5. The summed E-state index contributed by atoms with van der Waals surface area (Å²) in [6.07, 6.45) is -6.97. The molecule has 0 atom stereocenters. The average Bonchev–Trinajstić information content (AvgIpc) is 1.97. The topological polar surface area (TPSA) is 35.5 Å². The molecule has 0 radical (unpaired) electrons. The molecule has 0 aliphatic rings. The standard InChI is InChI=1S/C6H8F4O3/c7-4-13-5(11)12-3-1-2-6(8,9)10/h1-4H2. The van der Waals surface area contributed by atoms with Crippen LogP contribution in [0.15, 0.2) is 0 Å². The van der Waals surface area contributed by atoms with Gasteiger partial charge in [0.2, 0.25) is 6.86 Å². The molecule has 0 bridgehead atoms. The van der Waals surface area contributed by atoms with Crippen LogP contribution < -0.4 is 0 Å². The smallest absolute Gasteiger partial charge is 0.434 e. The number of carbonyl (C=O) groups excluding carboxylic acids is 1. The van der Waals surface area contributed by atoms with Crippen molar-refractivity contribution in [2.45, 2.75) is 19.0 Å². The summed E-state index contributed by atoms with van der Waals surface area (Å²) in [7, 11) is 0. The van der Waals surface area contributed by atoms with Gasteiger partial charge in [-0.05, 0) is 6.42 Å². The number of rotatable bonds is 4. The Morgan fingerprint density at radius 3 is 2.31 bits per heavy atom. The van der Waals surface area contributed by atoms with Crippen molar-refractivity contribution in [3.63, 3.8) is 0 Å². The summed E-state index contributed by atoms with van der Waals surface area (Å²) in [4.78, 5) is 10.2. The maximum Gasteiger partial charge on any atom is 0.510 e. The highest BCUT2D eigenvalue weighted by Gasteiger charge is 2.26. The van der Waals surface area contributed by atoms with E-state index in [4.69, 9.17) is 0 Å². The number of ether oxygens (including phenoxy) is 2. The number of hydrogen-bond acceptors (Lipinski definition) is 3. The number of alkyl halides is 4. The van der Waals surface area contributed by atoms with E-state index in [1.165, 1.54) is 0 Å². The largest absolute Gasteiger partial charge is 0.510 e. The molecule has 0 fully saturated rings. The Hall–Kier alpha value is -1.01. The number of hydrogen-bond donors (Lipinski definition) is 0. The van der Waals surface area contributed by atoms with E-state index in [-0.39, 0.29) is 6.42 Å². The molecular weight excluding hydrogens is 196 g/mol. The number of halogens is 4. The summed E-state index contributed by atoms with van der Waals surface area (Å²) in [6, 6.07) is 0. The van der Waals surface area contributed by atoms with Crippen molar-refractivity contribution in [1.29, 1.82) is 0 Å². The molecule has 0 saturated heterocycles. The highest BCUT2D eigenvalue weighted by molar-refractivity contribution is 5.59. The molecule has 7 heteroatoms. The Morgan fingerprint density at radius 1 is 1.23 bits per heavy atom. The minimum Gasteiger partial charge on any atom is -0.434 e. The average molecular weight is 204 g/mol. The van der Waals surface area contributed by atoms with Gasteiger partial charge >= 0.3 is 12.3 Å². The van der Waals surface area contributed by atoms with Gasteiger partial charge in [-0.25, -0.2) is 9.18 Å². The molecule has 3 nitrogen and oxygen atoms in total. The summed E-state index contributed by atoms with van der Waals surface area (Å²) in [6.45, 7) is -1.78. The molecule has 13 heavy (non-hydrogen) atoms. The zero-order chi connectivity index (χ0) is 10.3. The fourth-order valence-corrected chi connectivity index (χ4v) is 0.514. The van der Waals surface area contributed by atoms with Gasteiger partial charge in [0.15, 0.2) is 0 Å². The number of carbonyl (C=O) groups is 1. The van der Waals surface area contributed by atoms with Crippen LogP contribution in [0.5, 0.6) is 0 Å². The Morgan fingerprint density at radius 2 is 1.85 bits per heavy atom. The van der Waals surface area contributed by atoms with Crippen LogP contribution in [0, 0.1) is 0 Å². The van der Waals surface area contributed by atoms with Gasteiger partial charge in [-0.1, -0.05) is 0 Å². The maximum absolute atomic E-state index is 11.5. The fourth-order valence-electron chi connectivity index (χ4n) is 0.514. The second-order valence-electron chi connectivity index (χ2n) is 2.07. The van der Waals surface area contributed by atoms with Crippen molar-refractivity contribution >= 4 is 6.16 Å². The van der Waals surface area contributed by atoms with Crippen molar-refractivity contribution < 1.29 is 31.8 Å². The van der Waals surface area contributed by atoms with Crippen LogP contribution in [0.3, 0.4) is 0 Å². The Bertz CT molecular complexity index is 156. The second-order valence-corrected chi connectivity index (χ2v) is 2.07. The fraction of sp³-hybridized carbons (Fsp3) is 0.833. The molecule has 0 spiro atoms. The van der Waals surface area contributed by atoms with E-state index in [0.29, 0.717) is 0 Å². The molecule has 0 rings (SSSR count). The van der Waals surface area contributed by atoms with Gasteiger partial charge in [0, 0.05) is 6.42 Å². The molecule has 0 saturated carbocycles. The molecule has 0 aliphatic carbocycles. The zero-order valence-corrected chi connectivity index (χ0v) is 6.57. The van der Waals surface area contributed by atoms with Gasteiger partial charge in [0.1, 0.15) is 0 Å². The monoisotopic (exact) mass is 204 g/mol. The third-order valence-electron chi connectivity index (χ3n) is 0.997. The van der Waals surface area contributed by atoms with Crippen LogP contribution in [0.1, 0.15) is 12.8 Å². The lowest BCUT2D eigenvalue weighted by atomic mass is 10.3. The summed E-state index contributed by atoms with van der Waals surface area (Å²) in [5.41, 5.74) is 0. The molecule has 0 amide bonds. The Balaban J connectivity index is 3.31.